The molecule has 1 heterocycles. The Hall–Kier alpha value is -1.66. The van der Waals surface area contributed by atoms with Crippen LogP contribution < -0.4 is 0 Å². The van der Waals surface area contributed by atoms with Gasteiger partial charge in [-0.3, -0.25) is 9.69 Å². The summed E-state index contributed by atoms with van der Waals surface area (Å²) in [7, 11) is -3.78. The summed E-state index contributed by atoms with van der Waals surface area (Å²) < 4.78 is 27.0. The SMILES string of the molecule is CCN(CC(=O)O)C1CCN(S(=O)(=O)c2ccc(Cl)cc2C#N)CC1. The zero-order chi connectivity index (χ0) is 18.6. The second-order valence-corrected chi connectivity index (χ2v) is 8.19. The number of carboxylic acids is 1. The molecule has 0 radical (unpaired) electrons. The van der Waals surface area contributed by atoms with Gasteiger partial charge in [-0.15, -0.1) is 0 Å². The van der Waals surface area contributed by atoms with E-state index in [1.807, 2.05) is 17.9 Å². The summed E-state index contributed by atoms with van der Waals surface area (Å²) in [4.78, 5) is 12.7. The van der Waals surface area contributed by atoms with Crippen molar-refractivity contribution >= 4 is 27.6 Å². The van der Waals surface area contributed by atoms with Crippen LogP contribution in [0.1, 0.15) is 25.3 Å². The van der Waals surface area contributed by atoms with E-state index in [1.165, 1.54) is 22.5 Å². The van der Waals surface area contributed by atoms with Gasteiger partial charge in [-0.2, -0.15) is 9.57 Å². The Labute approximate surface area is 152 Å². The van der Waals surface area contributed by atoms with Crippen molar-refractivity contribution in [1.29, 1.82) is 5.26 Å². The molecule has 25 heavy (non-hydrogen) atoms. The van der Waals surface area contributed by atoms with Crippen LogP contribution in [0.25, 0.3) is 0 Å². The number of likely N-dealkylation sites (N-methyl/N-ethyl adjacent to an activating group) is 1. The molecule has 1 N–H and O–H groups in total. The molecule has 1 aromatic rings. The molecule has 0 saturated carbocycles. The molecule has 136 valence electrons. The van der Waals surface area contributed by atoms with E-state index in [2.05, 4.69) is 0 Å². The normalized spacial score (nSPS) is 16.7. The fourth-order valence-corrected chi connectivity index (χ4v) is 4.84. The Kier molecular flexibility index (Phi) is 6.41. The molecule has 0 atom stereocenters. The van der Waals surface area contributed by atoms with E-state index in [1.54, 1.807) is 0 Å². The number of piperidine rings is 1. The van der Waals surface area contributed by atoms with Crippen molar-refractivity contribution in [2.45, 2.75) is 30.7 Å². The molecule has 7 nitrogen and oxygen atoms in total. The average Bonchev–Trinajstić information content (AvgIpc) is 2.59. The first-order valence-corrected chi connectivity index (χ1v) is 9.77. The van der Waals surface area contributed by atoms with Crippen LogP contribution in [-0.2, 0) is 14.8 Å². The van der Waals surface area contributed by atoms with Crippen molar-refractivity contribution in [3.05, 3.63) is 28.8 Å². The molecule has 2 rings (SSSR count). The first kappa shape index (κ1) is 19.7. The van der Waals surface area contributed by atoms with E-state index in [0.717, 1.165) is 0 Å². The van der Waals surface area contributed by atoms with Gasteiger partial charge in [0.2, 0.25) is 10.0 Å². The molecular weight excluding hydrogens is 366 g/mol. The minimum absolute atomic E-state index is 0.0238. The Morgan fingerprint density at radius 3 is 2.60 bits per heavy atom. The summed E-state index contributed by atoms with van der Waals surface area (Å²) in [6.45, 7) is 3.01. The number of halogens is 1. The third kappa shape index (κ3) is 4.50. The van der Waals surface area contributed by atoms with Crippen LogP contribution >= 0.6 is 11.6 Å². The van der Waals surface area contributed by atoms with Crippen LogP contribution in [0.2, 0.25) is 5.02 Å². The summed E-state index contributed by atoms with van der Waals surface area (Å²) >= 11 is 5.83. The molecule has 1 saturated heterocycles. The molecule has 0 aliphatic carbocycles. The standard InChI is InChI=1S/C16H20ClN3O4S/c1-2-19(11-16(21)22)14-5-7-20(8-6-14)25(23,24)15-4-3-13(17)9-12(15)10-18/h3-4,9,14H,2,5-8,11H2,1H3,(H,21,22). The van der Waals surface area contributed by atoms with E-state index in [-0.39, 0.29) is 36.1 Å². The second-order valence-electron chi connectivity index (χ2n) is 5.84. The lowest BCUT2D eigenvalue weighted by atomic mass is 10.0. The first-order valence-electron chi connectivity index (χ1n) is 7.95. The quantitative estimate of drug-likeness (QED) is 0.800. The number of sulfonamides is 1. The number of carbonyl (C=O) groups is 1. The van der Waals surface area contributed by atoms with E-state index in [9.17, 15) is 18.5 Å². The highest BCUT2D eigenvalue weighted by Crippen LogP contribution is 2.26. The molecule has 1 fully saturated rings. The molecule has 1 aliphatic rings. The van der Waals surface area contributed by atoms with Crippen molar-refractivity contribution in [1.82, 2.24) is 9.21 Å². The van der Waals surface area contributed by atoms with Crippen LogP contribution in [0.15, 0.2) is 23.1 Å². The maximum atomic E-state index is 12.8. The van der Waals surface area contributed by atoms with Gasteiger partial charge < -0.3 is 5.11 Å². The topological polar surface area (TPSA) is 102 Å². The Morgan fingerprint density at radius 1 is 1.44 bits per heavy atom. The zero-order valence-corrected chi connectivity index (χ0v) is 15.4. The molecule has 0 aromatic heterocycles. The highest BCUT2D eigenvalue weighted by Gasteiger charge is 2.33. The van der Waals surface area contributed by atoms with Crippen molar-refractivity contribution in [2.75, 3.05) is 26.2 Å². The predicted molar refractivity (Wildman–Crippen MR) is 92.8 cm³/mol. The molecule has 1 aromatic carbocycles. The maximum absolute atomic E-state index is 12.8. The van der Waals surface area contributed by atoms with Gasteiger partial charge in [0.25, 0.3) is 0 Å². The van der Waals surface area contributed by atoms with Gasteiger partial charge in [0, 0.05) is 24.2 Å². The summed E-state index contributed by atoms with van der Waals surface area (Å²) in [5, 5.41) is 18.5. The van der Waals surface area contributed by atoms with Crippen molar-refractivity contribution in [3.8, 4) is 6.07 Å². The van der Waals surface area contributed by atoms with Crippen LogP contribution in [0, 0.1) is 11.3 Å². The van der Waals surface area contributed by atoms with E-state index in [4.69, 9.17) is 16.7 Å². The van der Waals surface area contributed by atoms with E-state index in [0.29, 0.717) is 24.4 Å². The molecule has 0 bridgehead atoms. The predicted octanol–water partition coefficient (Wildman–Crippen LogP) is 1.77. The van der Waals surface area contributed by atoms with E-state index >= 15 is 0 Å². The summed E-state index contributed by atoms with van der Waals surface area (Å²) in [5.74, 6) is -0.892. The van der Waals surface area contributed by atoms with Gasteiger partial charge in [-0.05, 0) is 37.6 Å². The summed E-state index contributed by atoms with van der Waals surface area (Å²) in [6.07, 6.45) is 1.10. The summed E-state index contributed by atoms with van der Waals surface area (Å²) in [5.41, 5.74) is 0.0238. The largest absolute Gasteiger partial charge is 0.480 e. The van der Waals surface area contributed by atoms with Gasteiger partial charge in [-0.25, -0.2) is 8.42 Å². The lowest BCUT2D eigenvalue weighted by molar-refractivity contribution is -0.139. The van der Waals surface area contributed by atoms with Gasteiger partial charge in [0.1, 0.15) is 11.0 Å². The summed E-state index contributed by atoms with van der Waals surface area (Å²) in [6, 6.07) is 6.06. The zero-order valence-electron chi connectivity index (χ0n) is 13.9. The fraction of sp³-hybridized carbons (Fsp3) is 0.500. The van der Waals surface area contributed by atoms with Crippen molar-refractivity contribution < 1.29 is 18.3 Å². The Bertz CT molecular complexity index is 783. The Balaban J connectivity index is 2.14. The molecule has 1 aliphatic heterocycles. The van der Waals surface area contributed by atoms with Crippen molar-refractivity contribution in [3.63, 3.8) is 0 Å². The van der Waals surface area contributed by atoms with Gasteiger partial charge >= 0.3 is 5.97 Å². The molecule has 0 amide bonds. The highest BCUT2D eigenvalue weighted by molar-refractivity contribution is 7.89. The van der Waals surface area contributed by atoms with Gasteiger partial charge in [-0.1, -0.05) is 18.5 Å². The van der Waals surface area contributed by atoms with Gasteiger partial charge in [0.05, 0.1) is 12.1 Å². The van der Waals surface area contributed by atoms with Crippen LogP contribution in [0.4, 0.5) is 0 Å². The van der Waals surface area contributed by atoms with Crippen LogP contribution in [-0.4, -0.2) is 60.9 Å². The van der Waals surface area contributed by atoms with Crippen LogP contribution in [0.3, 0.4) is 0 Å². The van der Waals surface area contributed by atoms with Crippen LogP contribution in [0.5, 0.6) is 0 Å². The molecule has 9 heteroatoms. The lowest BCUT2D eigenvalue weighted by Crippen LogP contribution is -2.48. The number of nitrogens with zero attached hydrogens (tertiary/aromatic N) is 3. The third-order valence-corrected chi connectivity index (χ3v) is 6.56. The molecule has 0 unspecified atom stereocenters. The monoisotopic (exact) mass is 385 g/mol. The highest BCUT2D eigenvalue weighted by atomic mass is 35.5. The lowest BCUT2D eigenvalue weighted by Gasteiger charge is -2.36. The first-order chi connectivity index (χ1) is 11.8. The second kappa shape index (κ2) is 8.15. The smallest absolute Gasteiger partial charge is 0.317 e. The molecule has 0 spiro atoms. The number of aliphatic carboxylic acids is 1. The number of hydrogen-bond donors (Lipinski definition) is 1. The fourth-order valence-electron chi connectivity index (χ4n) is 3.07. The number of rotatable bonds is 6. The minimum Gasteiger partial charge on any atom is -0.480 e. The van der Waals surface area contributed by atoms with Gasteiger partial charge in [0.15, 0.2) is 0 Å². The third-order valence-electron chi connectivity index (χ3n) is 4.36. The van der Waals surface area contributed by atoms with E-state index < -0.39 is 16.0 Å². The number of hydrogen-bond acceptors (Lipinski definition) is 5. The minimum atomic E-state index is -3.78. The Morgan fingerprint density at radius 2 is 2.08 bits per heavy atom. The van der Waals surface area contributed by atoms with Crippen molar-refractivity contribution in [2.24, 2.45) is 0 Å². The maximum Gasteiger partial charge on any atom is 0.317 e. The average molecular weight is 386 g/mol. The number of benzene rings is 1. The number of carboxylic acid groups (broad SMARTS) is 1. The number of nitriles is 1. The molecular formula is C16H20ClN3O4S.